The molecule has 1 heterocycles. The monoisotopic (exact) mass is 207 g/mol. The molecule has 72 valence electrons. The smallest absolute Gasteiger partial charge is 0.282 e. The molecule has 0 bridgehead atoms. The van der Waals surface area contributed by atoms with E-state index in [1.807, 2.05) is 0 Å². The number of alkyl halides is 3. The summed E-state index contributed by atoms with van der Waals surface area (Å²) >= 11 is 5.48. The molecule has 0 aliphatic heterocycles. The van der Waals surface area contributed by atoms with Gasteiger partial charge in [-0.15, -0.1) is 11.6 Å². The van der Waals surface area contributed by atoms with E-state index in [0.717, 1.165) is 6.20 Å². The summed E-state index contributed by atoms with van der Waals surface area (Å²) in [4.78, 5) is 3.43. The first kappa shape index (κ1) is 9.98. The normalized spacial score (nSPS) is 10.8. The Hall–Kier alpha value is -1.10. The van der Waals surface area contributed by atoms with Gasteiger partial charge in [-0.1, -0.05) is 0 Å². The van der Waals surface area contributed by atoms with Crippen LogP contribution < -0.4 is 11.5 Å². The molecule has 13 heavy (non-hydrogen) atoms. The summed E-state index contributed by atoms with van der Waals surface area (Å²) in [6.07, 6.45) is -1.57. The molecule has 0 unspecified atom stereocenters. The van der Waals surface area contributed by atoms with E-state index in [2.05, 4.69) is 4.98 Å². The van der Waals surface area contributed by atoms with Crippen LogP contribution >= 0.6 is 11.6 Å². The molecule has 0 aliphatic rings. The lowest BCUT2D eigenvalue weighted by molar-refractivity contribution is 0.147. The van der Waals surface area contributed by atoms with Gasteiger partial charge < -0.3 is 11.5 Å². The molecular weight excluding hydrogens is 200 g/mol. The Morgan fingerprint density at radius 1 is 1.46 bits per heavy atom. The molecule has 0 aromatic carbocycles. The third kappa shape index (κ3) is 1.80. The van der Waals surface area contributed by atoms with E-state index in [1.54, 1.807) is 0 Å². The van der Waals surface area contributed by atoms with Gasteiger partial charge in [0.2, 0.25) is 0 Å². The third-order valence-corrected chi connectivity index (χ3v) is 1.90. The zero-order valence-corrected chi connectivity index (χ0v) is 7.35. The number of hydrogen-bond acceptors (Lipinski definition) is 3. The van der Waals surface area contributed by atoms with Gasteiger partial charge in [-0.05, 0) is 0 Å². The lowest BCUT2D eigenvalue weighted by Crippen LogP contribution is -2.05. The highest BCUT2D eigenvalue weighted by atomic mass is 35.5. The fourth-order valence-corrected chi connectivity index (χ4v) is 1.22. The Balaban J connectivity index is 3.27. The Labute approximate surface area is 78.7 Å². The van der Waals surface area contributed by atoms with Crippen LogP contribution in [0.25, 0.3) is 0 Å². The van der Waals surface area contributed by atoms with Crippen molar-refractivity contribution in [1.29, 1.82) is 0 Å². The average molecular weight is 208 g/mol. The first-order valence-electron chi connectivity index (χ1n) is 3.44. The molecule has 0 atom stereocenters. The van der Waals surface area contributed by atoms with E-state index in [1.165, 1.54) is 0 Å². The van der Waals surface area contributed by atoms with Gasteiger partial charge in [-0.25, -0.2) is 8.78 Å². The molecule has 6 heteroatoms. The van der Waals surface area contributed by atoms with Crippen LogP contribution in [-0.4, -0.2) is 4.98 Å². The molecule has 1 rings (SSSR count). The SMILES string of the molecule is Nc1cnc(C(F)F)c(N)c1CCl. The maximum atomic E-state index is 12.2. The van der Waals surface area contributed by atoms with Crippen molar-refractivity contribution in [2.24, 2.45) is 0 Å². The van der Waals surface area contributed by atoms with Gasteiger partial charge in [0.1, 0.15) is 5.69 Å². The van der Waals surface area contributed by atoms with Crippen LogP contribution in [0, 0.1) is 0 Å². The second kappa shape index (κ2) is 3.74. The summed E-state index contributed by atoms with van der Waals surface area (Å²) < 4.78 is 24.5. The van der Waals surface area contributed by atoms with E-state index < -0.39 is 12.1 Å². The van der Waals surface area contributed by atoms with Crippen molar-refractivity contribution in [3.05, 3.63) is 17.5 Å². The third-order valence-electron chi connectivity index (χ3n) is 1.63. The van der Waals surface area contributed by atoms with Crippen molar-refractivity contribution >= 4 is 23.0 Å². The van der Waals surface area contributed by atoms with Crippen molar-refractivity contribution in [2.75, 3.05) is 11.5 Å². The number of hydrogen-bond donors (Lipinski definition) is 2. The lowest BCUT2D eigenvalue weighted by Gasteiger charge is -2.09. The van der Waals surface area contributed by atoms with E-state index in [9.17, 15) is 8.78 Å². The minimum absolute atomic E-state index is 0.0000926. The number of anilines is 2. The summed E-state index contributed by atoms with van der Waals surface area (Å²) in [5.41, 5.74) is 10.8. The Bertz CT molecular complexity index is 317. The highest BCUT2D eigenvalue weighted by Gasteiger charge is 2.16. The topological polar surface area (TPSA) is 64.9 Å². The van der Waals surface area contributed by atoms with Crippen LogP contribution in [0.4, 0.5) is 20.2 Å². The number of nitrogens with two attached hydrogens (primary N) is 2. The van der Waals surface area contributed by atoms with Crippen LogP contribution in [0.2, 0.25) is 0 Å². The molecule has 0 spiro atoms. The van der Waals surface area contributed by atoms with Crippen LogP contribution in [0.15, 0.2) is 6.20 Å². The van der Waals surface area contributed by atoms with E-state index in [0.29, 0.717) is 5.56 Å². The molecule has 0 aliphatic carbocycles. The van der Waals surface area contributed by atoms with E-state index in [-0.39, 0.29) is 17.3 Å². The quantitative estimate of drug-likeness (QED) is 0.729. The highest BCUT2D eigenvalue weighted by molar-refractivity contribution is 6.17. The summed E-state index contributed by atoms with van der Waals surface area (Å²) in [6, 6.07) is 0. The molecule has 3 nitrogen and oxygen atoms in total. The van der Waals surface area contributed by atoms with E-state index >= 15 is 0 Å². The fraction of sp³-hybridized carbons (Fsp3) is 0.286. The van der Waals surface area contributed by atoms with Crippen LogP contribution in [-0.2, 0) is 5.88 Å². The number of nitrogens with zero attached hydrogens (tertiary/aromatic N) is 1. The van der Waals surface area contributed by atoms with Crippen LogP contribution in [0.3, 0.4) is 0 Å². The Morgan fingerprint density at radius 2 is 2.08 bits per heavy atom. The molecule has 1 aromatic heterocycles. The maximum absolute atomic E-state index is 12.2. The number of halogens is 3. The van der Waals surface area contributed by atoms with Gasteiger partial charge in [0.15, 0.2) is 0 Å². The predicted molar refractivity (Wildman–Crippen MR) is 47.6 cm³/mol. The number of aromatic nitrogens is 1. The minimum Gasteiger partial charge on any atom is -0.397 e. The lowest BCUT2D eigenvalue weighted by atomic mass is 10.1. The summed E-state index contributed by atoms with van der Waals surface area (Å²) in [6.45, 7) is 0. The standard InChI is InChI=1S/C7H8ClF2N3/c8-1-3-4(11)2-13-6(5(3)12)7(9)10/h2,7H,1,11-12H2. The van der Waals surface area contributed by atoms with Crippen molar-refractivity contribution < 1.29 is 8.78 Å². The first-order valence-corrected chi connectivity index (χ1v) is 3.98. The minimum atomic E-state index is -2.71. The van der Waals surface area contributed by atoms with Crippen molar-refractivity contribution in [1.82, 2.24) is 4.98 Å². The van der Waals surface area contributed by atoms with Gasteiger partial charge >= 0.3 is 0 Å². The van der Waals surface area contributed by atoms with Crippen LogP contribution in [0.1, 0.15) is 17.7 Å². The predicted octanol–water partition coefficient (Wildman–Crippen LogP) is 1.92. The highest BCUT2D eigenvalue weighted by Crippen LogP contribution is 2.29. The maximum Gasteiger partial charge on any atom is 0.282 e. The number of nitrogen functional groups attached to an aromatic ring is 2. The molecule has 1 aromatic rings. The molecule has 0 radical (unpaired) electrons. The van der Waals surface area contributed by atoms with Gasteiger partial charge in [-0.2, -0.15) is 0 Å². The average Bonchev–Trinajstić information content (AvgIpc) is 2.04. The molecule has 0 saturated carbocycles. The van der Waals surface area contributed by atoms with E-state index in [4.69, 9.17) is 23.1 Å². The van der Waals surface area contributed by atoms with Gasteiger partial charge in [-0.3, -0.25) is 4.98 Å². The second-order valence-corrected chi connectivity index (χ2v) is 2.69. The molecular formula is C7H8ClF2N3. The largest absolute Gasteiger partial charge is 0.397 e. The van der Waals surface area contributed by atoms with Gasteiger partial charge in [0, 0.05) is 5.56 Å². The van der Waals surface area contributed by atoms with Crippen molar-refractivity contribution in [3.63, 3.8) is 0 Å². The summed E-state index contributed by atoms with van der Waals surface area (Å²) in [7, 11) is 0. The number of pyridine rings is 1. The second-order valence-electron chi connectivity index (χ2n) is 2.43. The molecule has 0 amide bonds. The number of rotatable bonds is 2. The van der Waals surface area contributed by atoms with Crippen molar-refractivity contribution in [2.45, 2.75) is 12.3 Å². The van der Waals surface area contributed by atoms with Gasteiger partial charge in [0.05, 0.1) is 23.5 Å². The molecule has 0 fully saturated rings. The van der Waals surface area contributed by atoms with Crippen molar-refractivity contribution in [3.8, 4) is 0 Å². The summed E-state index contributed by atoms with van der Waals surface area (Å²) in [5, 5.41) is 0. The molecule has 0 saturated heterocycles. The zero-order valence-electron chi connectivity index (χ0n) is 6.60. The Kier molecular flexibility index (Phi) is 2.87. The Morgan fingerprint density at radius 3 is 2.54 bits per heavy atom. The summed E-state index contributed by atoms with van der Waals surface area (Å²) in [5.74, 6) is -0.0000926. The first-order chi connectivity index (χ1) is 6.07. The van der Waals surface area contributed by atoms with Crippen LogP contribution in [0.5, 0.6) is 0 Å². The molecule has 4 N–H and O–H groups in total. The van der Waals surface area contributed by atoms with Gasteiger partial charge in [0.25, 0.3) is 6.43 Å². The zero-order chi connectivity index (χ0) is 10.0. The fourth-order valence-electron chi connectivity index (χ4n) is 0.920.